The van der Waals surface area contributed by atoms with Crippen molar-refractivity contribution in [3.05, 3.63) is 0 Å². The van der Waals surface area contributed by atoms with Gasteiger partial charge in [0.25, 0.3) is 0 Å². The normalized spacial score (nSPS) is 52.4. The Balaban J connectivity index is 1.43. The van der Waals surface area contributed by atoms with Crippen molar-refractivity contribution in [2.24, 2.45) is 23.7 Å². The maximum Gasteiger partial charge on any atom is 0.240 e. The van der Waals surface area contributed by atoms with Gasteiger partial charge in [-0.15, -0.1) is 0 Å². The first-order valence-electron chi connectivity index (χ1n) is 7.81. The van der Waals surface area contributed by atoms with E-state index >= 15 is 0 Å². The molecule has 0 aromatic carbocycles. The molecule has 4 rings (SSSR count). The lowest BCUT2D eigenvalue weighted by Crippen LogP contribution is -2.54. The van der Waals surface area contributed by atoms with Gasteiger partial charge in [-0.2, -0.15) is 0 Å². The molecule has 2 N–H and O–H groups in total. The number of hydrogen-bond acceptors (Lipinski definition) is 2. The number of nitrogens with one attached hydrogen (secondary N) is 2. The second-order valence-electron chi connectivity index (χ2n) is 6.95. The Kier molecular flexibility index (Phi) is 2.33. The van der Waals surface area contributed by atoms with Crippen LogP contribution < -0.4 is 10.6 Å². The molecule has 3 saturated carbocycles. The van der Waals surface area contributed by atoms with Crippen LogP contribution in [-0.2, 0) is 4.79 Å². The zero-order valence-corrected chi connectivity index (χ0v) is 11.2. The van der Waals surface area contributed by atoms with Crippen molar-refractivity contribution in [1.82, 2.24) is 10.6 Å². The van der Waals surface area contributed by atoms with E-state index < -0.39 is 0 Å². The van der Waals surface area contributed by atoms with Crippen LogP contribution in [0.2, 0.25) is 0 Å². The zero-order chi connectivity index (χ0) is 12.3. The van der Waals surface area contributed by atoms with E-state index in [-0.39, 0.29) is 5.54 Å². The molecule has 5 unspecified atom stereocenters. The summed E-state index contributed by atoms with van der Waals surface area (Å²) in [6.07, 6.45) is 7.39. The summed E-state index contributed by atoms with van der Waals surface area (Å²) in [6, 6.07) is 0.537. The van der Waals surface area contributed by atoms with E-state index in [1.807, 2.05) is 0 Å². The van der Waals surface area contributed by atoms with Crippen molar-refractivity contribution in [1.29, 1.82) is 0 Å². The molecule has 3 aliphatic carbocycles. The molecule has 2 bridgehead atoms. The van der Waals surface area contributed by atoms with Gasteiger partial charge in [0.1, 0.15) is 0 Å². The monoisotopic (exact) mass is 248 g/mol. The zero-order valence-electron chi connectivity index (χ0n) is 11.2. The van der Waals surface area contributed by atoms with Gasteiger partial charge in [-0.25, -0.2) is 0 Å². The lowest BCUT2D eigenvalue weighted by Gasteiger charge is -2.27. The molecule has 1 heterocycles. The molecule has 4 fully saturated rings. The molecule has 100 valence electrons. The fourth-order valence-electron chi connectivity index (χ4n) is 5.27. The van der Waals surface area contributed by atoms with Gasteiger partial charge >= 0.3 is 0 Å². The first-order valence-corrected chi connectivity index (χ1v) is 7.81. The van der Waals surface area contributed by atoms with Gasteiger partial charge < -0.3 is 10.6 Å². The van der Waals surface area contributed by atoms with Crippen LogP contribution in [0.4, 0.5) is 0 Å². The number of hydrogen-bond donors (Lipinski definition) is 2. The quantitative estimate of drug-likeness (QED) is 0.798. The van der Waals surface area contributed by atoms with Gasteiger partial charge in [0.15, 0.2) is 0 Å². The number of rotatable bonds is 3. The van der Waals surface area contributed by atoms with Crippen molar-refractivity contribution in [2.45, 2.75) is 57.0 Å². The smallest absolute Gasteiger partial charge is 0.240 e. The van der Waals surface area contributed by atoms with Crippen LogP contribution in [0.1, 0.15) is 45.4 Å². The number of carbonyl (C=O) groups excluding carboxylic acids is 1. The van der Waals surface area contributed by atoms with Crippen LogP contribution in [-0.4, -0.2) is 24.0 Å². The SMILES string of the molecule is CCC1(C(=O)NC2C3C4CCC(C4)C23)CCCN1. The molecular formula is C15H24N2O. The molecule has 5 atom stereocenters. The number of carbonyl (C=O) groups is 1. The van der Waals surface area contributed by atoms with E-state index in [1.54, 1.807) is 0 Å². The van der Waals surface area contributed by atoms with Crippen LogP contribution in [0.5, 0.6) is 0 Å². The highest BCUT2D eigenvalue weighted by atomic mass is 16.2. The van der Waals surface area contributed by atoms with Crippen molar-refractivity contribution in [3.63, 3.8) is 0 Å². The van der Waals surface area contributed by atoms with E-state index in [0.29, 0.717) is 11.9 Å². The van der Waals surface area contributed by atoms with Crippen LogP contribution in [0, 0.1) is 23.7 Å². The summed E-state index contributed by atoms with van der Waals surface area (Å²) in [5.74, 6) is 3.88. The minimum absolute atomic E-state index is 0.240. The topological polar surface area (TPSA) is 41.1 Å². The van der Waals surface area contributed by atoms with Crippen LogP contribution >= 0.6 is 0 Å². The first kappa shape index (κ1) is 11.3. The molecule has 0 aromatic heterocycles. The summed E-state index contributed by atoms with van der Waals surface area (Å²) in [6.45, 7) is 3.14. The molecule has 1 amide bonds. The Morgan fingerprint density at radius 1 is 1.33 bits per heavy atom. The minimum Gasteiger partial charge on any atom is -0.351 e. The molecule has 0 radical (unpaired) electrons. The Morgan fingerprint density at radius 3 is 2.61 bits per heavy atom. The summed E-state index contributed by atoms with van der Waals surface area (Å²) < 4.78 is 0. The molecule has 0 spiro atoms. The van der Waals surface area contributed by atoms with Crippen molar-refractivity contribution in [3.8, 4) is 0 Å². The molecular weight excluding hydrogens is 224 g/mol. The predicted octanol–water partition coefficient (Wildman–Crippen LogP) is 1.68. The minimum atomic E-state index is -0.240. The van der Waals surface area contributed by atoms with Crippen molar-refractivity contribution >= 4 is 5.91 Å². The Labute approximate surface area is 109 Å². The van der Waals surface area contributed by atoms with Crippen LogP contribution in [0.15, 0.2) is 0 Å². The number of fused-ring (bicyclic) bond motifs is 5. The third-order valence-electron chi connectivity index (χ3n) is 6.31. The largest absolute Gasteiger partial charge is 0.351 e. The second kappa shape index (κ2) is 3.72. The fraction of sp³-hybridized carbons (Fsp3) is 0.933. The Morgan fingerprint density at radius 2 is 2.06 bits per heavy atom. The summed E-state index contributed by atoms with van der Waals surface area (Å²) in [7, 11) is 0. The highest BCUT2D eigenvalue weighted by Crippen LogP contribution is 2.65. The second-order valence-corrected chi connectivity index (χ2v) is 6.95. The molecule has 3 heteroatoms. The van der Waals surface area contributed by atoms with Gasteiger partial charge in [0.05, 0.1) is 5.54 Å². The van der Waals surface area contributed by atoms with Gasteiger partial charge in [-0.1, -0.05) is 6.92 Å². The summed E-state index contributed by atoms with van der Waals surface area (Å²) >= 11 is 0. The summed E-state index contributed by atoms with van der Waals surface area (Å²) in [5, 5.41) is 6.83. The summed E-state index contributed by atoms with van der Waals surface area (Å²) in [4.78, 5) is 12.5. The highest BCUT2D eigenvalue weighted by molar-refractivity contribution is 5.87. The third kappa shape index (κ3) is 1.37. The highest BCUT2D eigenvalue weighted by Gasteiger charge is 2.65. The van der Waals surface area contributed by atoms with Gasteiger partial charge in [0.2, 0.25) is 5.91 Å². The predicted molar refractivity (Wildman–Crippen MR) is 70.0 cm³/mol. The maximum absolute atomic E-state index is 12.5. The molecule has 0 aromatic rings. The van der Waals surface area contributed by atoms with Crippen molar-refractivity contribution < 1.29 is 4.79 Å². The van der Waals surface area contributed by atoms with Gasteiger partial charge in [0, 0.05) is 6.04 Å². The van der Waals surface area contributed by atoms with Gasteiger partial charge in [-0.3, -0.25) is 4.79 Å². The Hall–Kier alpha value is -0.570. The molecule has 3 nitrogen and oxygen atoms in total. The average Bonchev–Trinajstić information content (AvgIpc) is 2.88. The maximum atomic E-state index is 12.5. The number of amides is 1. The van der Waals surface area contributed by atoms with E-state index in [0.717, 1.165) is 49.5 Å². The standard InChI is InChI=1S/C15H24N2O/c1-2-15(6-3-7-16-15)14(18)17-13-11-9-4-5-10(8-9)12(11)13/h9-13,16H,2-8H2,1H3,(H,17,18). The molecule has 1 aliphatic heterocycles. The fourth-order valence-corrected chi connectivity index (χ4v) is 5.27. The van der Waals surface area contributed by atoms with Crippen LogP contribution in [0.3, 0.4) is 0 Å². The average molecular weight is 248 g/mol. The van der Waals surface area contributed by atoms with E-state index in [2.05, 4.69) is 17.6 Å². The van der Waals surface area contributed by atoms with Gasteiger partial charge in [-0.05, 0) is 68.7 Å². The molecule has 1 saturated heterocycles. The molecule has 4 aliphatic rings. The van der Waals surface area contributed by atoms with E-state index in [9.17, 15) is 4.79 Å². The Bertz CT molecular complexity index is 359. The molecule has 18 heavy (non-hydrogen) atoms. The lowest BCUT2D eigenvalue weighted by molar-refractivity contribution is -0.127. The summed E-state index contributed by atoms with van der Waals surface area (Å²) in [5.41, 5.74) is -0.240. The third-order valence-corrected chi connectivity index (χ3v) is 6.31. The van der Waals surface area contributed by atoms with E-state index in [4.69, 9.17) is 0 Å². The van der Waals surface area contributed by atoms with Crippen molar-refractivity contribution in [2.75, 3.05) is 6.54 Å². The lowest BCUT2D eigenvalue weighted by atomic mass is 9.93. The first-order chi connectivity index (χ1) is 8.75. The van der Waals surface area contributed by atoms with E-state index in [1.165, 1.54) is 19.3 Å². The van der Waals surface area contributed by atoms with Crippen LogP contribution in [0.25, 0.3) is 0 Å².